The van der Waals surface area contributed by atoms with E-state index in [1.165, 1.54) is 38.0 Å². The second kappa shape index (κ2) is 7.25. The Hall–Kier alpha value is -0.840. The van der Waals surface area contributed by atoms with Crippen molar-refractivity contribution in [2.24, 2.45) is 0 Å². The third-order valence-electron chi connectivity index (χ3n) is 4.47. The first-order valence-electron chi connectivity index (χ1n) is 7.79. The van der Waals surface area contributed by atoms with Gasteiger partial charge in [0.1, 0.15) is 11.5 Å². The van der Waals surface area contributed by atoms with Crippen LogP contribution in [-0.4, -0.2) is 49.6 Å². The van der Waals surface area contributed by atoms with Crippen molar-refractivity contribution in [2.45, 2.75) is 45.8 Å². The van der Waals surface area contributed by atoms with E-state index in [-0.39, 0.29) is 0 Å². The molecule has 0 unspecified atom stereocenters. The minimum absolute atomic E-state index is 0.708. The molecule has 1 fully saturated rings. The van der Waals surface area contributed by atoms with Crippen molar-refractivity contribution in [3.05, 3.63) is 23.2 Å². The fourth-order valence-corrected chi connectivity index (χ4v) is 3.08. The summed E-state index contributed by atoms with van der Waals surface area (Å²) in [5.41, 5.74) is 1.33. The summed E-state index contributed by atoms with van der Waals surface area (Å²) in [7, 11) is 4.20. The third kappa shape index (κ3) is 3.84. The molecule has 20 heavy (non-hydrogen) atoms. The number of furan rings is 1. The highest BCUT2D eigenvalue weighted by Gasteiger charge is 2.22. The van der Waals surface area contributed by atoms with Crippen LogP contribution in [0.3, 0.4) is 0 Å². The average molecular weight is 279 g/mol. The molecule has 0 aliphatic carbocycles. The van der Waals surface area contributed by atoms with Crippen molar-refractivity contribution in [1.82, 2.24) is 15.1 Å². The third-order valence-corrected chi connectivity index (χ3v) is 4.47. The molecule has 1 N–H and O–H groups in total. The molecule has 4 heteroatoms. The van der Waals surface area contributed by atoms with Gasteiger partial charge in [0.25, 0.3) is 0 Å². The molecule has 0 bridgehead atoms. The quantitative estimate of drug-likeness (QED) is 0.865. The van der Waals surface area contributed by atoms with Crippen LogP contribution < -0.4 is 5.32 Å². The Labute approximate surface area is 123 Å². The van der Waals surface area contributed by atoms with Crippen LogP contribution in [-0.2, 0) is 13.1 Å². The molecule has 1 aromatic heterocycles. The standard InChI is InChI=1S/C16H29N3O/c1-5-19-8-6-15(7-9-19)18(4)12-14-10-16(11-17-3)20-13(14)2/h10,15,17H,5-9,11-12H2,1-4H3. The normalized spacial score (nSPS) is 18.1. The summed E-state index contributed by atoms with van der Waals surface area (Å²) >= 11 is 0. The van der Waals surface area contributed by atoms with Gasteiger partial charge in [-0.2, -0.15) is 0 Å². The molecule has 0 saturated carbocycles. The van der Waals surface area contributed by atoms with E-state index in [1.807, 2.05) is 7.05 Å². The highest BCUT2D eigenvalue weighted by atomic mass is 16.3. The summed E-state index contributed by atoms with van der Waals surface area (Å²) in [5.74, 6) is 2.10. The minimum atomic E-state index is 0.708. The number of piperidine rings is 1. The van der Waals surface area contributed by atoms with Gasteiger partial charge in [-0.15, -0.1) is 0 Å². The van der Waals surface area contributed by atoms with E-state index in [1.54, 1.807) is 0 Å². The summed E-state index contributed by atoms with van der Waals surface area (Å²) in [6, 6.07) is 2.91. The van der Waals surface area contributed by atoms with Gasteiger partial charge in [0, 0.05) is 18.2 Å². The highest BCUT2D eigenvalue weighted by molar-refractivity contribution is 5.20. The summed E-state index contributed by atoms with van der Waals surface area (Å²) in [6.07, 6.45) is 2.56. The predicted molar refractivity (Wildman–Crippen MR) is 82.8 cm³/mol. The number of aryl methyl sites for hydroxylation is 1. The van der Waals surface area contributed by atoms with E-state index in [4.69, 9.17) is 4.42 Å². The van der Waals surface area contributed by atoms with Crippen molar-refractivity contribution in [1.29, 1.82) is 0 Å². The average Bonchev–Trinajstić information content (AvgIpc) is 2.79. The van der Waals surface area contributed by atoms with Gasteiger partial charge in [-0.1, -0.05) is 6.92 Å². The smallest absolute Gasteiger partial charge is 0.118 e. The zero-order valence-electron chi connectivity index (χ0n) is 13.4. The lowest BCUT2D eigenvalue weighted by Crippen LogP contribution is -2.42. The van der Waals surface area contributed by atoms with Crippen molar-refractivity contribution < 1.29 is 4.42 Å². The number of hydrogen-bond donors (Lipinski definition) is 1. The predicted octanol–water partition coefficient (Wildman–Crippen LogP) is 2.22. The first-order chi connectivity index (χ1) is 9.63. The topological polar surface area (TPSA) is 31.6 Å². The number of hydrogen-bond acceptors (Lipinski definition) is 4. The SMILES string of the molecule is CCN1CCC(N(C)Cc2cc(CNC)oc2C)CC1. The summed E-state index contributed by atoms with van der Waals surface area (Å²) in [6.45, 7) is 9.78. The second-order valence-corrected chi connectivity index (χ2v) is 5.91. The molecule has 4 nitrogen and oxygen atoms in total. The Kier molecular flexibility index (Phi) is 5.64. The van der Waals surface area contributed by atoms with Gasteiger partial charge in [0.15, 0.2) is 0 Å². The van der Waals surface area contributed by atoms with Crippen LogP contribution in [0.15, 0.2) is 10.5 Å². The second-order valence-electron chi connectivity index (χ2n) is 5.91. The van der Waals surface area contributed by atoms with E-state index >= 15 is 0 Å². The fourth-order valence-electron chi connectivity index (χ4n) is 3.08. The number of nitrogens with zero attached hydrogens (tertiary/aromatic N) is 2. The fraction of sp³-hybridized carbons (Fsp3) is 0.750. The maximum atomic E-state index is 5.78. The molecular formula is C16H29N3O. The molecule has 1 aliphatic heterocycles. The van der Waals surface area contributed by atoms with Crippen LogP contribution in [0, 0.1) is 6.92 Å². The van der Waals surface area contributed by atoms with Gasteiger partial charge in [0.2, 0.25) is 0 Å². The molecule has 2 heterocycles. The Morgan fingerprint density at radius 3 is 2.70 bits per heavy atom. The lowest BCUT2D eigenvalue weighted by Gasteiger charge is -2.36. The summed E-state index contributed by atoms with van der Waals surface area (Å²) < 4.78 is 5.78. The number of likely N-dealkylation sites (tertiary alicyclic amines) is 1. The molecule has 0 amide bonds. The van der Waals surface area contributed by atoms with Gasteiger partial charge in [-0.25, -0.2) is 0 Å². The van der Waals surface area contributed by atoms with E-state index in [0.29, 0.717) is 6.04 Å². The number of nitrogens with one attached hydrogen (secondary N) is 1. The van der Waals surface area contributed by atoms with Crippen LogP contribution in [0.2, 0.25) is 0 Å². The van der Waals surface area contributed by atoms with Gasteiger partial charge >= 0.3 is 0 Å². The van der Waals surface area contributed by atoms with Crippen molar-refractivity contribution in [3.63, 3.8) is 0 Å². The van der Waals surface area contributed by atoms with Crippen LogP contribution in [0.25, 0.3) is 0 Å². The molecule has 0 spiro atoms. The Morgan fingerprint density at radius 1 is 1.40 bits per heavy atom. The molecule has 1 saturated heterocycles. The molecule has 0 atom stereocenters. The Morgan fingerprint density at radius 2 is 2.10 bits per heavy atom. The van der Waals surface area contributed by atoms with E-state index < -0.39 is 0 Å². The van der Waals surface area contributed by atoms with Crippen LogP contribution in [0.1, 0.15) is 36.8 Å². The van der Waals surface area contributed by atoms with Gasteiger partial charge in [0.05, 0.1) is 6.54 Å². The van der Waals surface area contributed by atoms with Gasteiger partial charge in [-0.05, 0) is 59.6 Å². The zero-order valence-corrected chi connectivity index (χ0v) is 13.4. The van der Waals surface area contributed by atoms with E-state index in [0.717, 1.165) is 24.6 Å². The molecule has 0 aromatic carbocycles. The van der Waals surface area contributed by atoms with Crippen molar-refractivity contribution >= 4 is 0 Å². The molecule has 1 aliphatic rings. The van der Waals surface area contributed by atoms with Gasteiger partial charge in [-0.3, -0.25) is 4.90 Å². The molecule has 2 rings (SSSR count). The van der Waals surface area contributed by atoms with Gasteiger partial charge < -0.3 is 14.6 Å². The van der Waals surface area contributed by atoms with Crippen LogP contribution >= 0.6 is 0 Å². The van der Waals surface area contributed by atoms with E-state index in [2.05, 4.69) is 42.1 Å². The minimum Gasteiger partial charge on any atom is -0.465 e. The maximum Gasteiger partial charge on any atom is 0.118 e. The lowest BCUT2D eigenvalue weighted by atomic mass is 10.0. The summed E-state index contributed by atoms with van der Waals surface area (Å²) in [5, 5.41) is 3.14. The Bertz CT molecular complexity index is 408. The van der Waals surface area contributed by atoms with Crippen LogP contribution in [0.5, 0.6) is 0 Å². The first kappa shape index (κ1) is 15.5. The molecule has 114 valence electrons. The molecule has 0 radical (unpaired) electrons. The summed E-state index contributed by atoms with van der Waals surface area (Å²) in [4.78, 5) is 5.03. The highest BCUT2D eigenvalue weighted by Crippen LogP contribution is 2.21. The maximum absolute atomic E-state index is 5.78. The first-order valence-corrected chi connectivity index (χ1v) is 7.79. The van der Waals surface area contributed by atoms with Crippen molar-refractivity contribution in [2.75, 3.05) is 33.7 Å². The van der Waals surface area contributed by atoms with Crippen LogP contribution in [0.4, 0.5) is 0 Å². The molecule has 1 aromatic rings. The largest absolute Gasteiger partial charge is 0.465 e. The van der Waals surface area contributed by atoms with Crippen molar-refractivity contribution in [3.8, 4) is 0 Å². The number of rotatable bonds is 6. The Balaban J connectivity index is 1.89. The monoisotopic (exact) mass is 279 g/mol. The molecular weight excluding hydrogens is 250 g/mol. The zero-order chi connectivity index (χ0) is 14.5. The lowest BCUT2D eigenvalue weighted by molar-refractivity contribution is 0.126. The van der Waals surface area contributed by atoms with E-state index in [9.17, 15) is 0 Å².